The summed E-state index contributed by atoms with van der Waals surface area (Å²) in [6, 6.07) is 0. The second-order valence-corrected chi connectivity index (χ2v) is 0. The molecular formula is H4BaCuHgO. The van der Waals surface area contributed by atoms with Gasteiger partial charge in [-0.05, 0) is 0 Å². The van der Waals surface area contributed by atoms with E-state index in [2.05, 4.69) is 0 Å². The molecule has 0 saturated carbocycles. The van der Waals surface area contributed by atoms with Crippen LogP contribution in [-0.4, -0.2) is 54.4 Å². The minimum atomic E-state index is 0. The predicted molar refractivity (Wildman–Crippen MR) is 12.2 cm³/mol. The Bertz CT molecular complexity index is 8.00. The van der Waals surface area contributed by atoms with E-state index in [1.54, 1.807) is 0 Å². The minimum absolute atomic E-state index is 0. The molecule has 2 N–H and O–H groups in total. The standard InChI is InChI=1S/Ba.Cu.Hg.H2O.2H/h;;;1H2;;. The van der Waals surface area contributed by atoms with Crippen LogP contribution in [0.1, 0.15) is 0 Å². The van der Waals surface area contributed by atoms with Gasteiger partial charge in [-0.2, -0.15) is 0 Å². The van der Waals surface area contributed by atoms with Crippen molar-refractivity contribution in [2.24, 2.45) is 0 Å². The van der Waals surface area contributed by atoms with Crippen LogP contribution >= 0.6 is 0 Å². The quantitative estimate of drug-likeness (QED) is 0.416. The molecule has 0 aliphatic heterocycles. The summed E-state index contributed by atoms with van der Waals surface area (Å²) in [4.78, 5) is 0. The first kappa shape index (κ1) is 28.1. The van der Waals surface area contributed by atoms with Gasteiger partial charge in [0.15, 0.2) is 0 Å². The van der Waals surface area contributed by atoms with Crippen molar-refractivity contribution < 1.29 is 50.2 Å². The summed E-state index contributed by atoms with van der Waals surface area (Å²) in [5.74, 6) is 0. The summed E-state index contributed by atoms with van der Waals surface area (Å²) in [5.41, 5.74) is 0. The summed E-state index contributed by atoms with van der Waals surface area (Å²) in [5, 5.41) is 0. The predicted octanol–water partition coefficient (Wildman–Crippen LogP) is -1.75. The molecule has 0 aromatic heterocycles. The maximum atomic E-state index is 0. The number of hydrogen-bond donors (Lipinski definition) is 0. The van der Waals surface area contributed by atoms with Crippen LogP contribution in [0.5, 0.6) is 0 Å². The van der Waals surface area contributed by atoms with Gasteiger partial charge < -0.3 is 5.48 Å². The van der Waals surface area contributed by atoms with E-state index < -0.39 is 0 Å². The van der Waals surface area contributed by atoms with Crippen molar-refractivity contribution in [2.45, 2.75) is 0 Å². The van der Waals surface area contributed by atoms with Gasteiger partial charge in [0.1, 0.15) is 0 Å². The topological polar surface area (TPSA) is 31.5 Å². The summed E-state index contributed by atoms with van der Waals surface area (Å²) in [6.45, 7) is 0. The SMILES string of the molecule is O.[BaH2].[Cu].[Hg]. The Hall–Kier alpha value is 2.99. The zero-order valence-electron chi connectivity index (χ0n) is 1.51. The molecule has 1 nitrogen and oxygen atoms in total. The fraction of sp³-hybridized carbons (Fsp3) is 0. The first-order valence-corrected chi connectivity index (χ1v) is 0. The normalized spacial score (nSPS) is 0. The van der Waals surface area contributed by atoms with Crippen LogP contribution in [0.15, 0.2) is 0 Å². The van der Waals surface area contributed by atoms with Crippen molar-refractivity contribution >= 4 is 48.9 Å². The largest absolute Gasteiger partial charge is 0 e. The Kier molecular flexibility index (Phi) is 117. The third kappa shape index (κ3) is 8.88. The molecule has 0 bridgehead atoms. The van der Waals surface area contributed by atoms with Gasteiger partial charge in [-0.15, -0.1) is 0 Å². The maximum absolute atomic E-state index is 0. The van der Waals surface area contributed by atoms with Crippen molar-refractivity contribution in [3.05, 3.63) is 0 Å². The Balaban J connectivity index is 0. The summed E-state index contributed by atoms with van der Waals surface area (Å²) < 4.78 is 0. The average Bonchev–Trinajstić information content (AvgIpc) is 0. The molecule has 1 radical (unpaired) electrons. The third-order valence-corrected chi connectivity index (χ3v) is 0. The van der Waals surface area contributed by atoms with Crippen LogP contribution in [-0.2, 0) is 44.7 Å². The number of hydrogen-bond acceptors (Lipinski definition) is 0. The fourth-order valence-electron chi connectivity index (χ4n) is 0. The van der Waals surface area contributed by atoms with E-state index in [0.29, 0.717) is 0 Å². The molecule has 0 rings (SSSR count). The molecule has 0 atom stereocenters. The van der Waals surface area contributed by atoms with E-state index in [4.69, 9.17) is 0 Å². The summed E-state index contributed by atoms with van der Waals surface area (Å²) in [6.07, 6.45) is 0. The van der Waals surface area contributed by atoms with Gasteiger partial charge in [0, 0.05) is 44.7 Å². The Morgan fingerprint density at radius 3 is 1.00 bits per heavy atom. The van der Waals surface area contributed by atoms with Crippen LogP contribution in [0, 0.1) is 0 Å². The minimum Gasteiger partial charge on any atom is 0 e. The molecular weight excluding hydrogens is 417 g/mol. The van der Waals surface area contributed by atoms with Gasteiger partial charge in [-0.1, -0.05) is 0 Å². The molecule has 0 fully saturated rings. The van der Waals surface area contributed by atoms with E-state index in [-0.39, 0.29) is 99.1 Å². The first-order valence-electron chi connectivity index (χ1n) is 0. The van der Waals surface area contributed by atoms with Crippen LogP contribution in [0.25, 0.3) is 0 Å². The van der Waals surface area contributed by atoms with E-state index in [1.165, 1.54) is 0 Å². The van der Waals surface area contributed by atoms with Gasteiger partial charge in [-0.25, -0.2) is 0 Å². The van der Waals surface area contributed by atoms with Crippen LogP contribution < -0.4 is 0 Å². The number of rotatable bonds is 0. The van der Waals surface area contributed by atoms with Gasteiger partial charge in [0.05, 0.1) is 0 Å². The van der Waals surface area contributed by atoms with E-state index in [1.807, 2.05) is 0 Å². The average molecular weight is 421 g/mol. The van der Waals surface area contributed by atoms with Crippen molar-refractivity contribution in [1.82, 2.24) is 0 Å². The second kappa shape index (κ2) is 16.7. The monoisotopic (exact) mass is 423 g/mol. The Labute approximate surface area is 96.7 Å². The van der Waals surface area contributed by atoms with Gasteiger partial charge in [-0.3, -0.25) is 0 Å². The molecule has 0 aromatic carbocycles. The van der Waals surface area contributed by atoms with Crippen LogP contribution in [0.3, 0.4) is 0 Å². The first-order chi connectivity index (χ1) is 0. The molecule has 4 heteroatoms. The second-order valence-electron chi connectivity index (χ2n) is 0. The smallest absolute Gasteiger partial charge is 0 e. The molecule has 0 aliphatic carbocycles. The van der Waals surface area contributed by atoms with Crippen molar-refractivity contribution in [2.75, 3.05) is 0 Å². The summed E-state index contributed by atoms with van der Waals surface area (Å²) in [7, 11) is 0. The fourth-order valence-corrected chi connectivity index (χ4v) is 0. The van der Waals surface area contributed by atoms with E-state index >= 15 is 0 Å². The maximum Gasteiger partial charge on any atom is 0 e. The third-order valence-electron chi connectivity index (χ3n) is 0. The molecule has 0 spiro atoms. The molecule has 0 amide bonds. The van der Waals surface area contributed by atoms with E-state index in [0.717, 1.165) is 0 Å². The molecule has 0 aromatic rings. The molecule has 25 valence electrons. The molecule has 0 unspecified atom stereocenters. The Morgan fingerprint density at radius 2 is 1.00 bits per heavy atom. The zero-order valence-corrected chi connectivity index (χ0v) is 7.95. The van der Waals surface area contributed by atoms with Gasteiger partial charge >= 0.3 is 48.9 Å². The Morgan fingerprint density at radius 1 is 1.00 bits per heavy atom. The van der Waals surface area contributed by atoms with E-state index in [9.17, 15) is 0 Å². The molecule has 0 aliphatic rings. The van der Waals surface area contributed by atoms with Gasteiger partial charge in [0.25, 0.3) is 0 Å². The van der Waals surface area contributed by atoms with Crippen LogP contribution in [0.4, 0.5) is 0 Å². The van der Waals surface area contributed by atoms with Crippen molar-refractivity contribution in [3.63, 3.8) is 0 Å². The van der Waals surface area contributed by atoms with Gasteiger partial charge in [0.2, 0.25) is 0 Å². The molecule has 0 saturated heterocycles. The zero-order chi connectivity index (χ0) is 0. The van der Waals surface area contributed by atoms with Crippen molar-refractivity contribution in [1.29, 1.82) is 0 Å². The molecule has 0 heterocycles. The van der Waals surface area contributed by atoms with Crippen molar-refractivity contribution in [3.8, 4) is 0 Å². The summed E-state index contributed by atoms with van der Waals surface area (Å²) >= 11 is 0. The van der Waals surface area contributed by atoms with Crippen LogP contribution in [0.2, 0.25) is 0 Å². The molecule has 4 heavy (non-hydrogen) atoms.